The van der Waals surface area contributed by atoms with E-state index in [-0.39, 0.29) is 0 Å². The maximum atomic E-state index is 6.26. The van der Waals surface area contributed by atoms with Crippen molar-refractivity contribution in [3.63, 3.8) is 0 Å². The van der Waals surface area contributed by atoms with Crippen LogP contribution in [0.2, 0.25) is 0 Å². The van der Waals surface area contributed by atoms with Crippen LogP contribution in [0, 0.1) is 6.92 Å². The number of morpholine rings is 1. The Labute approximate surface area is 179 Å². The molecule has 1 aliphatic heterocycles. The number of hydrogen-bond donors (Lipinski definition) is 1. The molecule has 1 fully saturated rings. The minimum Gasteiger partial charge on any atom is -0.489 e. The molecule has 4 heteroatoms. The first-order chi connectivity index (χ1) is 14.8. The monoisotopic (exact) mass is 404 g/mol. The van der Waals surface area contributed by atoms with Crippen molar-refractivity contribution in [1.82, 2.24) is 10.2 Å². The molecule has 3 aromatic rings. The molecule has 0 atom stereocenters. The van der Waals surface area contributed by atoms with Gasteiger partial charge in [-0.05, 0) is 48.8 Å². The molecule has 0 unspecified atom stereocenters. The van der Waals surface area contributed by atoms with E-state index in [0.717, 1.165) is 58.1 Å². The summed E-state index contributed by atoms with van der Waals surface area (Å²) in [5.74, 6) is 0.968. The van der Waals surface area contributed by atoms with Crippen molar-refractivity contribution in [2.24, 2.45) is 0 Å². The maximum absolute atomic E-state index is 6.26. The van der Waals surface area contributed by atoms with Gasteiger partial charge in [0.25, 0.3) is 0 Å². The first-order valence-electron chi connectivity index (χ1n) is 11.0. The molecule has 4 nitrogen and oxygen atoms in total. The first kappa shape index (κ1) is 20.9. The predicted octanol–water partition coefficient (Wildman–Crippen LogP) is 4.54. The molecule has 0 radical (unpaired) electrons. The summed E-state index contributed by atoms with van der Waals surface area (Å²) in [5.41, 5.74) is 3.70. The second-order valence-corrected chi connectivity index (χ2v) is 8.02. The number of aryl methyl sites for hydroxylation is 1. The molecule has 3 aromatic carbocycles. The zero-order chi connectivity index (χ0) is 20.6. The Morgan fingerprint density at radius 2 is 1.77 bits per heavy atom. The van der Waals surface area contributed by atoms with Gasteiger partial charge in [-0.15, -0.1) is 0 Å². The molecule has 1 aliphatic rings. The summed E-state index contributed by atoms with van der Waals surface area (Å²) in [6, 6.07) is 21.4. The molecule has 0 amide bonds. The lowest BCUT2D eigenvalue weighted by molar-refractivity contribution is 0.0374. The highest BCUT2D eigenvalue weighted by Crippen LogP contribution is 2.28. The van der Waals surface area contributed by atoms with Gasteiger partial charge in [0, 0.05) is 25.2 Å². The number of rotatable bonds is 9. The Kier molecular flexibility index (Phi) is 7.35. The molecule has 1 heterocycles. The Hall–Kier alpha value is -2.40. The molecular formula is C26H32N2O2. The number of ether oxygens (including phenoxy) is 2. The zero-order valence-electron chi connectivity index (χ0n) is 17.9. The largest absolute Gasteiger partial charge is 0.489 e. The molecular weight excluding hydrogens is 372 g/mol. The van der Waals surface area contributed by atoms with Gasteiger partial charge in [-0.25, -0.2) is 0 Å². The highest BCUT2D eigenvalue weighted by molar-refractivity contribution is 5.87. The quantitative estimate of drug-likeness (QED) is 0.531. The molecule has 0 aliphatic carbocycles. The summed E-state index contributed by atoms with van der Waals surface area (Å²) >= 11 is 0. The lowest BCUT2D eigenvalue weighted by atomic mass is 10.0. The van der Waals surface area contributed by atoms with Gasteiger partial charge in [-0.2, -0.15) is 0 Å². The summed E-state index contributed by atoms with van der Waals surface area (Å²) in [6.45, 7) is 9.48. The van der Waals surface area contributed by atoms with Crippen LogP contribution in [0.4, 0.5) is 0 Å². The number of benzene rings is 3. The van der Waals surface area contributed by atoms with Crippen LogP contribution in [0.1, 0.15) is 23.1 Å². The average molecular weight is 405 g/mol. The SMILES string of the molecule is Cc1ccc(COc2ccc3ccccc3c2CNCCCN2CCOCC2)cc1. The highest BCUT2D eigenvalue weighted by Gasteiger charge is 2.11. The van der Waals surface area contributed by atoms with Gasteiger partial charge in [0.15, 0.2) is 0 Å². The van der Waals surface area contributed by atoms with Gasteiger partial charge in [0.1, 0.15) is 12.4 Å². The number of hydrogen-bond acceptors (Lipinski definition) is 4. The van der Waals surface area contributed by atoms with Crippen molar-refractivity contribution in [2.45, 2.75) is 26.5 Å². The minimum atomic E-state index is 0.586. The van der Waals surface area contributed by atoms with Gasteiger partial charge >= 0.3 is 0 Å². The van der Waals surface area contributed by atoms with Crippen molar-refractivity contribution in [3.8, 4) is 5.75 Å². The third-order valence-corrected chi connectivity index (χ3v) is 5.75. The molecule has 1 N–H and O–H groups in total. The number of nitrogens with one attached hydrogen (secondary N) is 1. The van der Waals surface area contributed by atoms with E-state index in [1.54, 1.807) is 0 Å². The van der Waals surface area contributed by atoms with Crippen LogP contribution in [0.15, 0.2) is 60.7 Å². The van der Waals surface area contributed by atoms with Crippen LogP contribution < -0.4 is 10.1 Å². The van der Waals surface area contributed by atoms with E-state index in [1.165, 1.54) is 27.5 Å². The van der Waals surface area contributed by atoms with Gasteiger partial charge in [-0.3, -0.25) is 4.90 Å². The molecule has 4 rings (SSSR count). The number of nitrogens with zero attached hydrogens (tertiary/aromatic N) is 1. The van der Waals surface area contributed by atoms with Gasteiger partial charge in [0.05, 0.1) is 13.2 Å². The van der Waals surface area contributed by atoms with Crippen LogP contribution in [-0.2, 0) is 17.9 Å². The standard InChI is InChI=1S/C26H32N2O2/c1-21-7-9-22(10-8-21)20-30-26-12-11-23-5-2-3-6-24(23)25(26)19-27-13-4-14-28-15-17-29-18-16-28/h2-3,5-12,27H,4,13-20H2,1H3. The van der Waals surface area contributed by atoms with E-state index in [2.05, 4.69) is 77.8 Å². The Morgan fingerprint density at radius 3 is 2.60 bits per heavy atom. The van der Waals surface area contributed by atoms with Crippen LogP contribution in [0.3, 0.4) is 0 Å². The first-order valence-corrected chi connectivity index (χ1v) is 11.0. The Morgan fingerprint density at radius 1 is 0.967 bits per heavy atom. The van der Waals surface area contributed by atoms with E-state index < -0.39 is 0 Å². The maximum Gasteiger partial charge on any atom is 0.124 e. The predicted molar refractivity (Wildman–Crippen MR) is 123 cm³/mol. The van der Waals surface area contributed by atoms with Crippen molar-refractivity contribution in [2.75, 3.05) is 39.4 Å². The van der Waals surface area contributed by atoms with E-state index in [9.17, 15) is 0 Å². The lowest BCUT2D eigenvalue weighted by Crippen LogP contribution is -2.37. The second kappa shape index (κ2) is 10.6. The average Bonchev–Trinajstić information content (AvgIpc) is 2.79. The molecule has 0 bridgehead atoms. The second-order valence-electron chi connectivity index (χ2n) is 8.02. The topological polar surface area (TPSA) is 33.7 Å². The van der Waals surface area contributed by atoms with Crippen molar-refractivity contribution < 1.29 is 9.47 Å². The van der Waals surface area contributed by atoms with Crippen molar-refractivity contribution in [3.05, 3.63) is 77.4 Å². The van der Waals surface area contributed by atoms with Gasteiger partial charge in [0.2, 0.25) is 0 Å². The van der Waals surface area contributed by atoms with Crippen LogP contribution >= 0.6 is 0 Å². The Balaban J connectivity index is 1.39. The summed E-state index contributed by atoms with van der Waals surface area (Å²) in [7, 11) is 0. The van der Waals surface area contributed by atoms with E-state index in [4.69, 9.17) is 9.47 Å². The summed E-state index contributed by atoms with van der Waals surface area (Å²) in [5, 5.41) is 6.16. The highest BCUT2D eigenvalue weighted by atomic mass is 16.5. The summed E-state index contributed by atoms with van der Waals surface area (Å²) in [4.78, 5) is 2.49. The third kappa shape index (κ3) is 5.60. The fourth-order valence-corrected chi connectivity index (χ4v) is 3.94. The molecule has 30 heavy (non-hydrogen) atoms. The molecule has 0 aromatic heterocycles. The summed E-state index contributed by atoms with van der Waals surface area (Å²) < 4.78 is 11.7. The Bertz CT molecular complexity index is 933. The fourth-order valence-electron chi connectivity index (χ4n) is 3.94. The molecule has 158 valence electrons. The van der Waals surface area contributed by atoms with Crippen molar-refractivity contribution >= 4 is 10.8 Å². The van der Waals surface area contributed by atoms with Crippen LogP contribution in [-0.4, -0.2) is 44.3 Å². The minimum absolute atomic E-state index is 0.586. The van der Waals surface area contributed by atoms with Crippen LogP contribution in [0.25, 0.3) is 10.8 Å². The number of fused-ring (bicyclic) bond motifs is 1. The van der Waals surface area contributed by atoms with Gasteiger partial charge < -0.3 is 14.8 Å². The smallest absolute Gasteiger partial charge is 0.124 e. The normalized spacial score (nSPS) is 14.8. The van der Waals surface area contributed by atoms with E-state index >= 15 is 0 Å². The van der Waals surface area contributed by atoms with Crippen LogP contribution in [0.5, 0.6) is 5.75 Å². The molecule has 1 saturated heterocycles. The zero-order valence-corrected chi connectivity index (χ0v) is 17.9. The summed E-state index contributed by atoms with van der Waals surface area (Å²) in [6.07, 6.45) is 1.14. The van der Waals surface area contributed by atoms with Crippen molar-refractivity contribution in [1.29, 1.82) is 0 Å². The third-order valence-electron chi connectivity index (χ3n) is 5.75. The lowest BCUT2D eigenvalue weighted by Gasteiger charge is -2.26. The molecule has 0 spiro atoms. The van der Waals surface area contributed by atoms with Gasteiger partial charge in [-0.1, -0.05) is 60.2 Å². The molecule has 0 saturated carbocycles. The van der Waals surface area contributed by atoms with E-state index in [1.807, 2.05) is 0 Å². The fraction of sp³-hybridized carbons (Fsp3) is 0.385. The van der Waals surface area contributed by atoms with E-state index in [0.29, 0.717) is 6.61 Å².